The van der Waals surface area contributed by atoms with E-state index in [0.717, 1.165) is 38.5 Å². The predicted molar refractivity (Wildman–Crippen MR) is 156 cm³/mol. The highest BCUT2D eigenvalue weighted by Crippen LogP contribution is 2.27. The second-order valence-corrected chi connectivity index (χ2v) is 10.1. The number of Topliss-reactive ketones (excluding diaryl/α,β-unsaturated/α-hetero) is 2. The first-order valence-corrected chi connectivity index (χ1v) is 14.6. The molecule has 2 aliphatic rings. The third-order valence-electron chi connectivity index (χ3n) is 6.86. The van der Waals surface area contributed by atoms with Gasteiger partial charge in [-0.15, -0.1) is 0 Å². The van der Waals surface area contributed by atoms with E-state index in [9.17, 15) is 24.0 Å². The first kappa shape index (κ1) is 32.3. The Morgan fingerprint density at radius 1 is 0.477 bits per heavy atom. The Balaban J connectivity index is 0.939. The fourth-order valence-corrected chi connectivity index (χ4v) is 4.61. The van der Waals surface area contributed by atoms with Crippen molar-refractivity contribution in [2.75, 3.05) is 26.4 Å². The maximum absolute atomic E-state index is 12.0. The molecule has 0 aromatic heterocycles. The van der Waals surface area contributed by atoms with Crippen LogP contribution in [0.1, 0.15) is 83.2 Å². The number of allylic oxidation sites excluding steroid dienone is 2. The highest BCUT2D eigenvalue weighted by Gasteiger charge is 2.27. The van der Waals surface area contributed by atoms with Crippen molar-refractivity contribution in [2.45, 2.75) is 51.4 Å². The summed E-state index contributed by atoms with van der Waals surface area (Å²) in [6, 6.07) is 13.7. The highest BCUT2D eigenvalue weighted by molar-refractivity contribution is 6.51. The van der Waals surface area contributed by atoms with Gasteiger partial charge in [-0.1, -0.05) is 61.4 Å². The molecule has 2 aromatic rings. The van der Waals surface area contributed by atoms with Crippen LogP contribution in [-0.4, -0.2) is 55.7 Å². The number of rotatable bonds is 18. The molecule has 4 rings (SSSR count). The fraction of sp³-hybridized carbons (Fsp3) is 0.364. The van der Waals surface area contributed by atoms with Crippen LogP contribution < -0.4 is 0 Å². The van der Waals surface area contributed by atoms with Gasteiger partial charge in [-0.25, -0.2) is 0 Å². The van der Waals surface area contributed by atoms with Crippen molar-refractivity contribution in [3.05, 3.63) is 82.9 Å². The molecule has 0 aliphatic heterocycles. The Morgan fingerprint density at radius 3 is 1.25 bits per heavy atom. The molecule has 0 bridgehead atoms. The minimum Gasteiger partial charge on any atom is -0.493 e. The molecule has 44 heavy (non-hydrogen) atoms. The minimum absolute atomic E-state index is 0.195. The van der Waals surface area contributed by atoms with Crippen molar-refractivity contribution >= 4 is 40.8 Å². The Labute approximate surface area is 254 Å². The summed E-state index contributed by atoms with van der Waals surface area (Å²) < 4.78 is 11.5. The average Bonchev–Trinajstić information content (AvgIpc) is 3.03. The van der Waals surface area contributed by atoms with Crippen LogP contribution in [0.15, 0.2) is 60.7 Å². The van der Waals surface area contributed by atoms with Crippen molar-refractivity contribution in [3.8, 4) is 0 Å². The summed E-state index contributed by atoms with van der Waals surface area (Å²) in [5.41, 5.74) is 1.97. The van der Waals surface area contributed by atoms with Crippen LogP contribution >= 0.6 is 0 Å². The summed E-state index contributed by atoms with van der Waals surface area (Å²) >= 11 is 0. The zero-order valence-electron chi connectivity index (χ0n) is 24.2. The quantitative estimate of drug-likeness (QED) is 0.0884. The molecule has 2 aromatic carbocycles. The highest BCUT2D eigenvalue weighted by atomic mass is 17.3. The number of benzene rings is 2. The Hall–Kier alpha value is -4.61. The number of carbonyl (C=O) groups is 5. The van der Waals surface area contributed by atoms with Crippen molar-refractivity contribution in [3.63, 3.8) is 0 Å². The molecule has 11 nitrogen and oxygen atoms in total. The number of unbranched alkanes of at least 4 members (excludes halogenated alkanes) is 6. The second kappa shape index (κ2) is 16.9. The third-order valence-corrected chi connectivity index (χ3v) is 6.86. The summed E-state index contributed by atoms with van der Waals surface area (Å²) in [4.78, 5) is 77.9. The molecular formula is C33H34O11. The van der Waals surface area contributed by atoms with E-state index in [1.807, 2.05) is 0 Å². The fourth-order valence-electron chi connectivity index (χ4n) is 4.61. The number of carbonyl (C=O) groups excluding carboxylic acids is 5. The predicted octanol–water partition coefficient (Wildman–Crippen LogP) is 5.77. The largest absolute Gasteiger partial charge is 0.573 e. The van der Waals surface area contributed by atoms with Gasteiger partial charge in [0.05, 0.1) is 26.4 Å². The molecular weight excluding hydrogens is 572 g/mol. The summed E-state index contributed by atoms with van der Waals surface area (Å²) in [6.45, 7) is 1.18. The number of fused-ring (bicyclic) bond motifs is 2. The Bertz CT molecular complexity index is 1320. The average molecular weight is 607 g/mol. The van der Waals surface area contributed by atoms with Gasteiger partial charge in [-0.2, -0.15) is 14.6 Å². The summed E-state index contributed by atoms with van der Waals surface area (Å²) in [5.74, 6) is -1.40. The monoisotopic (exact) mass is 606 g/mol. The van der Waals surface area contributed by atoms with Gasteiger partial charge < -0.3 is 9.47 Å². The molecule has 0 N–H and O–H groups in total. The first-order valence-electron chi connectivity index (χ1n) is 14.6. The van der Waals surface area contributed by atoms with Gasteiger partial charge in [0.1, 0.15) is 11.5 Å². The smallest absolute Gasteiger partial charge is 0.493 e. The van der Waals surface area contributed by atoms with E-state index in [2.05, 4.69) is 9.78 Å². The summed E-state index contributed by atoms with van der Waals surface area (Å²) in [6.07, 6.45) is 7.43. The molecule has 0 atom stereocenters. The zero-order valence-corrected chi connectivity index (χ0v) is 24.2. The van der Waals surface area contributed by atoms with Crippen molar-refractivity contribution in [1.29, 1.82) is 0 Å². The topological polar surface area (TPSA) is 141 Å². The van der Waals surface area contributed by atoms with E-state index in [4.69, 9.17) is 19.2 Å². The third kappa shape index (κ3) is 9.19. The van der Waals surface area contributed by atoms with Crippen LogP contribution in [0.25, 0.3) is 11.5 Å². The van der Waals surface area contributed by atoms with Gasteiger partial charge in [0.15, 0.2) is 0 Å². The van der Waals surface area contributed by atoms with E-state index in [1.54, 1.807) is 48.5 Å². The lowest BCUT2D eigenvalue weighted by molar-refractivity contribution is -0.319. The van der Waals surface area contributed by atoms with Crippen LogP contribution in [0.3, 0.4) is 0 Å². The molecule has 0 radical (unpaired) electrons. The lowest BCUT2D eigenvalue weighted by atomic mass is 9.94. The second-order valence-electron chi connectivity index (χ2n) is 10.1. The lowest BCUT2D eigenvalue weighted by Gasteiger charge is -2.16. The molecule has 0 saturated heterocycles. The molecule has 0 unspecified atom stereocenters. The summed E-state index contributed by atoms with van der Waals surface area (Å²) in [5, 5.41) is 0. The lowest BCUT2D eigenvalue weighted by Crippen LogP contribution is -2.19. The van der Waals surface area contributed by atoms with Crippen molar-refractivity contribution in [2.24, 2.45) is 0 Å². The van der Waals surface area contributed by atoms with Crippen LogP contribution in [0.5, 0.6) is 0 Å². The number of ketones is 4. The van der Waals surface area contributed by atoms with Gasteiger partial charge in [-0.05, 0) is 38.5 Å². The zero-order chi connectivity index (χ0) is 31.1. The number of hydrogen-bond acceptors (Lipinski definition) is 11. The number of ether oxygens (including phenoxy) is 2. The van der Waals surface area contributed by atoms with E-state index < -0.39 is 29.3 Å². The van der Waals surface area contributed by atoms with Gasteiger partial charge in [0.2, 0.25) is 23.1 Å². The SMILES string of the molecule is O=C(OOCCCCCCOC1=CC(=O)C(=O)c2ccccc21)OOCCCCCCOC1=CC(=O)C(=O)c2ccccc21. The normalized spacial score (nSPS) is 13.9. The van der Waals surface area contributed by atoms with Crippen LogP contribution in [0, 0.1) is 0 Å². The van der Waals surface area contributed by atoms with E-state index in [0.29, 0.717) is 59.8 Å². The number of hydrogen-bond donors (Lipinski definition) is 0. The maximum atomic E-state index is 12.0. The van der Waals surface area contributed by atoms with Crippen molar-refractivity contribution in [1.82, 2.24) is 0 Å². The molecule has 11 heteroatoms. The standard InChI is InChI=1S/C33H34O11/c34-27-21-29(23-13-5-7-15-25(23)31(27)36)39-17-9-1-3-11-19-41-43-33(38)44-42-20-12-4-2-10-18-40-30-22-28(35)32(37)26-16-8-6-14-24(26)30/h5-8,13-16,21-22H,1-4,9-12,17-20H2. The van der Waals surface area contributed by atoms with Crippen LogP contribution in [0.2, 0.25) is 0 Å². The van der Waals surface area contributed by atoms with Crippen LogP contribution in [-0.2, 0) is 38.6 Å². The molecule has 0 amide bonds. The Kier molecular flexibility index (Phi) is 12.4. The molecule has 0 heterocycles. The van der Waals surface area contributed by atoms with E-state index >= 15 is 0 Å². The molecule has 2 aliphatic carbocycles. The van der Waals surface area contributed by atoms with Gasteiger partial charge >= 0.3 is 6.16 Å². The summed E-state index contributed by atoms with van der Waals surface area (Å²) in [7, 11) is 0. The van der Waals surface area contributed by atoms with Gasteiger partial charge in [0, 0.05) is 34.4 Å². The molecule has 232 valence electrons. The van der Waals surface area contributed by atoms with E-state index in [-0.39, 0.29) is 13.2 Å². The van der Waals surface area contributed by atoms with Crippen LogP contribution in [0.4, 0.5) is 4.79 Å². The Morgan fingerprint density at radius 2 is 0.841 bits per heavy atom. The van der Waals surface area contributed by atoms with Gasteiger partial charge in [-0.3, -0.25) is 29.0 Å². The molecule has 0 saturated carbocycles. The maximum Gasteiger partial charge on any atom is 0.573 e. The van der Waals surface area contributed by atoms with E-state index in [1.165, 1.54) is 12.2 Å². The van der Waals surface area contributed by atoms with Crippen molar-refractivity contribution < 1.29 is 53.0 Å². The minimum atomic E-state index is -1.09. The first-order chi connectivity index (χ1) is 21.5. The molecule has 0 fully saturated rings. The molecule has 0 spiro atoms. The van der Waals surface area contributed by atoms with Gasteiger partial charge in [0.25, 0.3) is 0 Å².